The molecule has 1 aromatic rings. The van der Waals surface area contributed by atoms with Gasteiger partial charge < -0.3 is 5.32 Å². The molecular formula is C15H21NO3S. The van der Waals surface area contributed by atoms with Gasteiger partial charge in [0, 0.05) is 11.6 Å². The van der Waals surface area contributed by atoms with E-state index in [4.69, 9.17) is 0 Å². The van der Waals surface area contributed by atoms with Crippen LogP contribution in [0.1, 0.15) is 34.1 Å². The predicted octanol–water partition coefficient (Wildman–Crippen LogP) is 2.85. The lowest BCUT2D eigenvalue weighted by molar-refractivity contribution is -0.117. The van der Waals surface area contributed by atoms with E-state index in [1.165, 1.54) is 0 Å². The average Bonchev–Trinajstić information content (AvgIpc) is 3.06. The van der Waals surface area contributed by atoms with Gasteiger partial charge >= 0.3 is 0 Å². The zero-order chi connectivity index (χ0) is 15.1. The molecule has 2 rings (SSSR count). The summed E-state index contributed by atoms with van der Waals surface area (Å²) >= 11 is 0. The van der Waals surface area contributed by atoms with Crippen LogP contribution in [0.5, 0.6) is 0 Å². The Hall–Kier alpha value is -1.36. The molecule has 1 saturated carbocycles. The third-order valence-corrected chi connectivity index (χ3v) is 6.19. The highest BCUT2D eigenvalue weighted by molar-refractivity contribution is 7.92. The minimum absolute atomic E-state index is 0.0175. The van der Waals surface area contributed by atoms with Crippen LogP contribution in [0, 0.1) is 11.8 Å². The van der Waals surface area contributed by atoms with Crippen LogP contribution < -0.4 is 5.32 Å². The molecule has 20 heavy (non-hydrogen) atoms. The highest BCUT2D eigenvalue weighted by Crippen LogP contribution is 2.38. The zero-order valence-corrected chi connectivity index (χ0v) is 13.1. The van der Waals surface area contributed by atoms with E-state index in [2.05, 4.69) is 5.32 Å². The van der Waals surface area contributed by atoms with Gasteiger partial charge in [0.2, 0.25) is 5.91 Å². The Balaban J connectivity index is 2.13. The Kier molecular flexibility index (Phi) is 3.67. The Morgan fingerprint density at radius 3 is 2.10 bits per heavy atom. The molecule has 0 spiro atoms. The molecule has 1 aromatic carbocycles. The summed E-state index contributed by atoms with van der Waals surface area (Å²) in [6.45, 7) is 7.06. The van der Waals surface area contributed by atoms with Gasteiger partial charge in [-0.1, -0.05) is 6.92 Å². The number of carbonyl (C=O) groups is 1. The van der Waals surface area contributed by atoms with Crippen molar-refractivity contribution in [2.75, 3.05) is 5.32 Å². The van der Waals surface area contributed by atoms with Crippen molar-refractivity contribution < 1.29 is 13.2 Å². The highest BCUT2D eigenvalue weighted by Gasteiger charge is 2.39. The fourth-order valence-electron chi connectivity index (χ4n) is 1.99. The summed E-state index contributed by atoms with van der Waals surface area (Å²) in [6, 6.07) is 6.38. The van der Waals surface area contributed by atoms with Crippen molar-refractivity contribution in [1.82, 2.24) is 0 Å². The molecule has 1 N–H and O–H groups in total. The lowest BCUT2D eigenvalue weighted by Gasteiger charge is -2.19. The van der Waals surface area contributed by atoms with Gasteiger partial charge in [0.15, 0.2) is 9.84 Å². The molecule has 0 radical (unpaired) electrons. The first-order valence-electron chi connectivity index (χ1n) is 6.78. The van der Waals surface area contributed by atoms with Gasteiger partial charge in [-0.05, 0) is 57.4 Å². The third kappa shape index (κ3) is 2.87. The van der Waals surface area contributed by atoms with Crippen LogP contribution in [-0.2, 0) is 14.6 Å². The number of amides is 1. The van der Waals surface area contributed by atoms with E-state index in [-0.39, 0.29) is 16.7 Å². The summed E-state index contributed by atoms with van der Waals surface area (Å²) in [5, 5.41) is 2.82. The van der Waals surface area contributed by atoms with Crippen LogP contribution in [-0.4, -0.2) is 19.1 Å². The van der Waals surface area contributed by atoms with Crippen LogP contribution in [0.25, 0.3) is 0 Å². The molecule has 0 unspecified atom stereocenters. The lowest BCUT2D eigenvalue weighted by atomic mass is 10.2. The Morgan fingerprint density at radius 1 is 1.20 bits per heavy atom. The van der Waals surface area contributed by atoms with Crippen molar-refractivity contribution in [3.8, 4) is 0 Å². The van der Waals surface area contributed by atoms with Crippen molar-refractivity contribution in [3.05, 3.63) is 24.3 Å². The lowest BCUT2D eigenvalue weighted by Crippen LogP contribution is -2.27. The molecule has 0 heterocycles. The second-order valence-electron chi connectivity index (χ2n) is 6.45. The first-order chi connectivity index (χ1) is 9.13. The quantitative estimate of drug-likeness (QED) is 0.932. The maximum absolute atomic E-state index is 12.3. The smallest absolute Gasteiger partial charge is 0.227 e. The Labute approximate surface area is 120 Å². The van der Waals surface area contributed by atoms with Crippen LogP contribution in [0.2, 0.25) is 0 Å². The summed E-state index contributed by atoms with van der Waals surface area (Å²) < 4.78 is 23.7. The summed E-state index contributed by atoms with van der Waals surface area (Å²) in [4.78, 5) is 12.1. The number of anilines is 1. The van der Waals surface area contributed by atoms with Crippen LogP contribution in [0.4, 0.5) is 5.69 Å². The molecule has 110 valence electrons. The molecule has 5 heteroatoms. The third-order valence-electron chi connectivity index (χ3n) is 3.68. The molecule has 4 nitrogen and oxygen atoms in total. The van der Waals surface area contributed by atoms with Gasteiger partial charge in [-0.25, -0.2) is 8.42 Å². The zero-order valence-electron chi connectivity index (χ0n) is 12.3. The van der Waals surface area contributed by atoms with Crippen LogP contribution in [0.15, 0.2) is 29.2 Å². The van der Waals surface area contributed by atoms with Gasteiger partial charge in [0.25, 0.3) is 0 Å². The molecule has 1 fully saturated rings. The molecule has 1 aliphatic carbocycles. The highest BCUT2D eigenvalue weighted by atomic mass is 32.2. The van der Waals surface area contributed by atoms with E-state index in [1.807, 2.05) is 6.92 Å². The van der Waals surface area contributed by atoms with Gasteiger partial charge in [-0.3, -0.25) is 4.79 Å². The molecule has 0 aliphatic heterocycles. The summed E-state index contributed by atoms with van der Waals surface area (Å²) in [5.74, 6) is 0.576. The van der Waals surface area contributed by atoms with E-state index in [9.17, 15) is 13.2 Å². The number of hydrogen-bond acceptors (Lipinski definition) is 3. The number of nitrogens with one attached hydrogen (secondary N) is 1. The largest absolute Gasteiger partial charge is 0.326 e. The summed E-state index contributed by atoms with van der Waals surface area (Å²) in [5.41, 5.74) is 0.641. The normalized spacial score (nSPS) is 22.4. The van der Waals surface area contributed by atoms with Gasteiger partial charge in [0.1, 0.15) is 0 Å². The number of carbonyl (C=O) groups excluding carboxylic acids is 1. The van der Waals surface area contributed by atoms with Crippen molar-refractivity contribution in [1.29, 1.82) is 0 Å². The number of benzene rings is 1. The van der Waals surface area contributed by atoms with E-state index >= 15 is 0 Å². The van der Waals surface area contributed by atoms with Crippen molar-refractivity contribution in [3.63, 3.8) is 0 Å². The monoisotopic (exact) mass is 295 g/mol. The summed E-state index contributed by atoms with van der Waals surface area (Å²) in [6.07, 6.45) is 0.933. The van der Waals surface area contributed by atoms with E-state index in [0.29, 0.717) is 11.6 Å². The number of rotatable bonds is 3. The fraction of sp³-hybridized carbons (Fsp3) is 0.533. The first kappa shape index (κ1) is 15.0. The van der Waals surface area contributed by atoms with E-state index < -0.39 is 14.6 Å². The number of hydrogen-bond donors (Lipinski definition) is 1. The minimum atomic E-state index is -3.35. The number of sulfone groups is 1. The SMILES string of the molecule is C[C@H]1C[C@@H]1C(=O)Nc1ccc(S(=O)(=O)C(C)(C)C)cc1. The van der Waals surface area contributed by atoms with Crippen molar-refractivity contribution in [2.45, 2.75) is 43.8 Å². The second kappa shape index (κ2) is 4.88. The van der Waals surface area contributed by atoms with Crippen LogP contribution >= 0.6 is 0 Å². The van der Waals surface area contributed by atoms with Gasteiger partial charge in [0.05, 0.1) is 9.64 Å². The molecular weight excluding hydrogens is 274 g/mol. The molecule has 1 amide bonds. The second-order valence-corrected chi connectivity index (χ2v) is 9.15. The Morgan fingerprint density at radius 2 is 1.70 bits per heavy atom. The fourth-order valence-corrected chi connectivity index (χ4v) is 3.19. The first-order valence-corrected chi connectivity index (χ1v) is 8.27. The van der Waals surface area contributed by atoms with E-state index in [1.54, 1.807) is 45.0 Å². The minimum Gasteiger partial charge on any atom is -0.326 e. The van der Waals surface area contributed by atoms with Gasteiger partial charge in [-0.15, -0.1) is 0 Å². The standard InChI is InChI=1S/C15H21NO3S/c1-10-9-13(10)14(17)16-11-5-7-12(8-6-11)20(18,19)15(2,3)4/h5-8,10,13H,9H2,1-4H3,(H,16,17)/t10-,13-/m0/s1. The van der Waals surface area contributed by atoms with Crippen molar-refractivity contribution in [2.24, 2.45) is 11.8 Å². The maximum Gasteiger partial charge on any atom is 0.227 e. The maximum atomic E-state index is 12.3. The molecule has 1 aliphatic rings. The van der Waals surface area contributed by atoms with Gasteiger partial charge in [-0.2, -0.15) is 0 Å². The topological polar surface area (TPSA) is 63.2 Å². The van der Waals surface area contributed by atoms with Crippen molar-refractivity contribution >= 4 is 21.4 Å². The van der Waals surface area contributed by atoms with E-state index in [0.717, 1.165) is 6.42 Å². The average molecular weight is 295 g/mol. The molecule has 0 saturated heterocycles. The molecule has 0 aromatic heterocycles. The summed E-state index contributed by atoms with van der Waals surface area (Å²) in [7, 11) is -3.35. The molecule has 2 atom stereocenters. The predicted molar refractivity (Wildman–Crippen MR) is 79.3 cm³/mol. The molecule has 0 bridgehead atoms. The van der Waals surface area contributed by atoms with Crippen LogP contribution in [0.3, 0.4) is 0 Å². The Bertz CT molecular complexity index is 612.